The van der Waals surface area contributed by atoms with Crippen LogP contribution in [0.2, 0.25) is 0 Å². The van der Waals surface area contributed by atoms with Crippen LogP contribution >= 0.6 is 0 Å². The maximum absolute atomic E-state index is 10.5. The molecule has 0 N–H and O–H groups in total. The van der Waals surface area contributed by atoms with Gasteiger partial charge in [-0.25, -0.2) is 0 Å². The van der Waals surface area contributed by atoms with Crippen LogP contribution in [-0.4, -0.2) is 12.1 Å². The molecule has 2 nitrogen and oxygen atoms in total. The van der Waals surface area contributed by atoms with Gasteiger partial charge in [-0.3, -0.25) is 9.59 Å². The molecule has 0 bridgehead atoms. The molecule has 0 amide bonds. The summed E-state index contributed by atoms with van der Waals surface area (Å²) in [5.41, 5.74) is 0.207. The Balaban J connectivity index is 4.33. The molecule has 0 aliphatic heterocycles. The van der Waals surface area contributed by atoms with Gasteiger partial charge in [0.05, 0.1) is 5.57 Å². The summed E-state index contributed by atoms with van der Waals surface area (Å²) >= 11 is 0. The highest BCUT2D eigenvalue weighted by molar-refractivity contribution is 6.10. The van der Waals surface area contributed by atoms with Crippen LogP contribution in [0.3, 0.4) is 0 Å². The van der Waals surface area contributed by atoms with Crippen LogP contribution in [0, 0.1) is 0 Å². The van der Waals surface area contributed by atoms with Crippen LogP contribution in [0.5, 0.6) is 0 Å². The molecule has 0 rings (SSSR count). The van der Waals surface area contributed by atoms with Gasteiger partial charge < -0.3 is 0 Å². The number of carbonyl (C=O) groups is 2. The molecule has 0 heterocycles. The minimum absolute atomic E-state index is 0.201. The van der Waals surface area contributed by atoms with Crippen molar-refractivity contribution in [3.8, 4) is 0 Å². The van der Waals surface area contributed by atoms with Gasteiger partial charge in [0.15, 0.2) is 12.1 Å². The summed E-state index contributed by atoms with van der Waals surface area (Å²) in [6, 6.07) is 0. The van der Waals surface area contributed by atoms with Gasteiger partial charge in [-0.15, -0.1) is 0 Å². The monoisotopic (exact) mass is 138 g/mol. The first-order valence-electron chi connectivity index (χ1n) is 3.01. The van der Waals surface area contributed by atoms with Crippen molar-refractivity contribution >= 4 is 12.1 Å². The molecule has 2 heteroatoms. The molecular formula is C8H10O2. The molecule has 0 aromatic carbocycles. The highest BCUT2D eigenvalue weighted by Gasteiger charge is 1.97. The van der Waals surface area contributed by atoms with Crippen LogP contribution in [0.1, 0.15) is 13.8 Å². The standard InChI is InChI=1S/C8H10O2/c1-3-4-5-8(6-9)7(2)10/h3-6H,1-2H3/b4-3?,8-5-. The fourth-order valence-corrected chi connectivity index (χ4v) is 0.440. The number of aldehydes is 1. The first-order chi connectivity index (χ1) is 4.72. The Morgan fingerprint density at radius 1 is 1.40 bits per heavy atom. The number of hydrogen-bond acceptors (Lipinski definition) is 2. The van der Waals surface area contributed by atoms with Crippen molar-refractivity contribution in [2.75, 3.05) is 0 Å². The van der Waals surface area contributed by atoms with Crippen molar-refractivity contribution < 1.29 is 9.59 Å². The highest BCUT2D eigenvalue weighted by atomic mass is 16.1. The van der Waals surface area contributed by atoms with Crippen molar-refractivity contribution in [3.63, 3.8) is 0 Å². The molecule has 0 atom stereocenters. The smallest absolute Gasteiger partial charge is 0.163 e. The topological polar surface area (TPSA) is 34.1 Å². The quantitative estimate of drug-likeness (QED) is 0.193. The Morgan fingerprint density at radius 3 is 2.30 bits per heavy atom. The predicted octanol–water partition coefficient (Wildman–Crippen LogP) is 1.28. The minimum Gasteiger partial charge on any atom is -0.298 e. The van der Waals surface area contributed by atoms with Gasteiger partial charge in [-0.2, -0.15) is 0 Å². The van der Waals surface area contributed by atoms with Gasteiger partial charge in [0.1, 0.15) is 0 Å². The van der Waals surface area contributed by atoms with Gasteiger partial charge >= 0.3 is 0 Å². The Kier molecular flexibility index (Phi) is 4.12. The summed E-state index contributed by atoms with van der Waals surface area (Å²) in [4.78, 5) is 20.7. The predicted molar refractivity (Wildman–Crippen MR) is 39.6 cm³/mol. The van der Waals surface area contributed by atoms with E-state index in [1.165, 1.54) is 13.0 Å². The number of rotatable bonds is 3. The molecule has 0 saturated heterocycles. The molecule has 0 aromatic heterocycles. The fourth-order valence-electron chi connectivity index (χ4n) is 0.440. The first kappa shape index (κ1) is 8.82. The first-order valence-corrected chi connectivity index (χ1v) is 3.01. The lowest BCUT2D eigenvalue weighted by Crippen LogP contribution is -1.96. The molecule has 54 valence electrons. The number of allylic oxidation sites excluding steroid dienone is 4. The van der Waals surface area contributed by atoms with Crippen molar-refractivity contribution in [2.24, 2.45) is 0 Å². The Labute approximate surface area is 60.2 Å². The molecule has 10 heavy (non-hydrogen) atoms. The van der Waals surface area contributed by atoms with E-state index in [1.807, 2.05) is 6.92 Å². The molecule has 0 aromatic rings. The van der Waals surface area contributed by atoms with E-state index < -0.39 is 0 Å². The second kappa shape index (κ2) is 4.68. The van der Waals surface area contributed by atoms with E-state index >= 15 is 0 Å². The second-order valence-electron chi connectivity index (χ2n) is 1.82. The Bertz CT molecular complexity index is 187. The van der Waals surface area contributed by atoms with Gasteiger partial charge in [0, 0.05) is 0 Å². The molecule has 0 radical (unpaired) electrons. The van der Waals surface area contributed by atoms with E-state index in [1.54, 1.807) is 12.2 Å². The number of Topliss-reactive ketones (excluding diaryl/α,β-unsaturated/α-hetero) is 1. The third kappa shape index (κ3) is 2.97. The average Bonchev–Trinajstić information content (AvgIpc) is 1.89. The fraction of sp³-hybridized carbons (Fsp3) is 0.250. The van der Waals surface area contributed by atoms with Crippen LogP contribution < -0.4 is 0 Å². The van der Waals surface area contributed by atoms with E-state index in [4.69, 9.17) is 0 Å². The van der Waals surface area contributed by atoms with Crippen LogP contribution in [-0.2, 0) is 9.59 Å². The molecule has 0 saturated carbocycles. The number of ketones is 1. The largest absolute Gasteiger partial charge is 0.298 e. The molecule has 0 fully saturated rings. The second-order valence-corrected chi connectivity index (χ2v) is 1.82. The summed E-state index contributed by atoms with van der Waals surface area (Å²) < 4.78 is 0. The Hall–Kier alpha value is -1.18. The molecular weight excluding hydrogens is 128 g/mol. The zero-order valence-electron chi connectivity index (χ0n) is 6.13. The maximum Gasteiger partial charge on any atom is 0.163 e. The molecule has 0 aliphatic rings. The lowest BCUT2D eigenvalue weighted by Gasteiger charge is -1.86. The van der Waals surface area contributed by atoms with Crippen LogP contribution in [0.15, 0.2) is 23.8 Å². The van der Waals surface area contributed by atoms with E-state index in [0.29, 0.717) is 6.29 Å². The summed E-state index contributed by atoms with van der Waals surface area (Å²) in [6.45, 7) is 3.18. The van der Waals surface area contributed by atoms with E-state index in [2.05, 4.69) is 0 Å². The zero-order valence-corrected chi connectivity index (χ0v) is 6.13. The van der Waals surface area contributed by atoms with Gasteiger partial charge in [-0.05, 0) is 19.9 Å². The van der Waals surface area contributed by atoms with Crippen LogP contribution in [0.25, 0.3) is 0 Å². The zero-order chi connectivity index (χ0) is 7.98. The lowest BCUT2D eigenvalue weighted by molar-refractivity contribution is -0.115. The third-order valence-electron chi connectivity index (χ3n) is 1.00. The minimum atomic E-state index is -0.201. The molecule has 0 aliphatic carbocycles. The average molecular weight is 138 g/mol. The van der Waals surface area contributed by atoms with E-state index in [-0.39, 0.29) is 11.4 Å². The number of hydrogen-bond donors (Lipinski definition) is 0. The normalized spacial score (nSPS) is 12.0. The van der Waals surface area contributed by atoms with Crippen LogP contribution in [0.4, 0.5) is 0 Å². The van der Waals surface area contributed by atoms with Crippen molar-refractivity contribution in [1.82, 2.24) is 0 Å². The highest BCUT2D eigenvalue weighted by Crippen LogP contribution is 1.91. The van der Waals surface area contributed by atoms with E-state index in [0.717, 1.165) is 0 Å². The van der Waals surface area contributed by atoms with Gasteiger partial charge in [0.25, 0.3) is 0 Å². The third-order valence-corrected chi connectivity index (χ3v) is 1.00. The van der Waals surface area contributed by atoms with E-state index in [9.17, 15) is 9.59 Å². The summed E-state index contributed by atoms with van der Waals surface area (Å²) in [6.07, 6.45) is 5.47. The van der Waals surface area contributed by atoms with Gasteiger partial charge in [0.2, 0.25) is 0 Å². The van der Waals surface area contributed by atoms with Gasteiger partial charge in [-0.1, -0.05) is 12.2 Å². The maximum atomic E-state index is 10.5. The molecule has 0 spiro atoms. The summed E-state index contributed by atoms with van der Waals surface area (Å²) in [5.74, 6) is -0.201. The molecule has 0 unspecified atom stereocenters. The van der Waals surface area contributed by atoms with Crippen molar-refractivity contribution in [2.45, 2.75) is 13.8 Å². The lowest BCUT2D eigenvalue weighted by atomic mass is 10.2. The van der Waals surface area contributed by atoms with Crippen molar-refractivity contribution in [1.29, 1.82) is 0 Å². The summed E-state index contributed by atoms with van der Waals surface area (Å²) in [7, 11) is 0. The number of carbonyl (C=O) groups excluding carboxylic acids is 2. The SMILES string of the molecule is CC=C/C=C(/C=O)C(C)=O. The van der Waals surface area contributed by atoms with Crippen molar-refractivity contribution in [3.05, 3.63) is 23.8 Å². The summed E-state index contributed by atoms with van der Waals surface area (Å²) in [5, 5.41) is 0. The Morgan fingerprint density at radius 2 is 2.00 bits per heavy atom.